The molecule has 1 N–H and O–H groups in total. The summed E-state index contributed by atoms with van der Waals surface area (Å²) in [6.45, 7) is 6.14. The summed E-state index contributed by atoms with van der Waals surface area (Å²) in [5.41, 5.74) is 4.07. The van der Waals surface area contributed by atoms with E-state index in [-0.39, 0.29) is 11.4 Å². The van der Waals surface area contributed by atoms with Gasteiger partial charge in [0.2, 0.25) is 0 Å². The SMILES string of the molecule is CCN1CCC(c2cc3c(Nc4cc5ncsc5cc4F)ccnc3s2)C12CCOCC2. The zero-order valence-electron chi connectivity index (χ0n) is 17.9. The van der Waals surface area contributed by atoms with Crippen LogP contribution in [0.1, 0.15) is 37.0 Å². The van der Waals surface area contributed by atoms with E-state index in [1.54, 1.807) is 35.2 Å². The van der Waals surface area contributed by atoms with Crippen LogP contribution >= 0.6 is 22.7 Å². The van der Waals surface area contributed by atoms with Gasteiger partial charge in [-0.3, -0.25) is 4.90 Å². The van der Waals surface area contributed by atoms with E-state index in [0.29, 0.717) is 11.6 Å². The fourth-order valence-electron chi connectivity index (χ4n) is 5.62. The number of likely N-dealkylation sites (N-methyl/N-ethyl adjacent to an activating group) is 1. The number of anilines is 2. The molecule has 32 heavy (non-hydrogen) atoms. The molecule has 1 aromatic carbocycles. The second-order valence-electron chi connectivity index (χ2n) is 8.64. The second-order valence-corrected chi connectivity index (χ2v) is 10.6. The summed E-state index contributed by atoms with van der Waals surface area (Å²) in [6, 6.07) is 7.56. The van der Waals surface area contributed by atoms with Gasteiger partial charge in [0, 0.05) is 41.1 Å². The highest BCUT2D eigenvalue weighted by Gasteiger charge is 2.49. The van der Waals surface area contributed by atoms with Gasteiger partial charge in [-0.1, -0.05) is 6.92 Å². The Bertz CT molecular complexity index is 1280. The Morgan fingerprint density at radius 2 is 2.09 bits per heavy atom. The third-order valence-corrected chi connectivity index (χ3v) is 9.14. The van der Waals surface area contributed by atoms with Gasteiger partial charge in [0.05, 0.1) is 27.1 Å². The number of aromatic nitrogens is 2. The summed E-state index contributed by atoms with van der Waals surface area (Å²) < 4.78 is 21.3. The number of thiophene rings is 1. The smallest absolute Gasteiger partial charge is 0.148 e. The fourth-order valence-corrected chi connectivity index (χ4v) is 7.58. The first-order chi connectivity index (χ1) is 15.7. The van der Waals surface area contributed by atoms with Crippen molar-refractivity contribution in [3.63, 3.8) is 0 Å². The number of benzene rings is 1. The van der Waals surface area contributed by atoms with Gasteiger partial charge in [-0.2, -0.15) is 0 Å². The first kappa shape index (κ1) is 20.5. The highest BCUT2D eigenvalue weighted by atomic mass is 32.1. The van der Waals surface area contributed by atoms with E-state index < -0.39 is 0 Å². The molecule has 0 amide bonds. The number of likely N-dealkylation sites (tertiary alicyclic amines) is 1. The summed E-state index contributed by atoms with van der Waals surface area (Å²) in [5.74, 6) is 0.221. The third-order valence-electron chi connectivity index (χ3n) is 7.19. The summed E-state index contributed by atoms with van der Waals surface area (Å²) in [4.78, 5) is 14.0. The molecule has 3 aromatic heterocycles. The largest absolute Gasteiger partial charge is 0.381 e. The van der Waals surface area contributed by atoms with Crippen molar-refractivity contribution < 1.29 is 9.13 Å². The van der Waals surface area contributed by atoms with E-state index in [1.807, 2.05) is 6.07 Å². The van der Waals surface area contributed by atoms with E-state index in [9.17, 15) is 4.39 Å². The number of hydrogen-bond acceptors (Lipinski definition) is 7. The van der Waals surface area contributed by atoms with E-state index in [0.717, 1.165) is 65.3 Å². The molecule has 0 aliphatic carbocycles. The molecule has 8 heteroatoms. The number of thiazole rings is 1. The van der Waals surface area contributed by atoms with Gasteiger partial charge in [0.15, 0.2) is 0 Å². The number of halogens is 1. The second kappa shape index (κ2) is 8.02. The van der Waals surface area contributed by atoms with Gasteiger partial charge in [-0.25, -0.2) is 14.4 Å². The van der Waals surface area contributed by atoms with Gasteiger partial charge >= 0.3 is 0 Å². The topological polar surface area (TPSA) is 50.3 Å². The molecule has 166 valence electrons. The number of nitrogens with one attached hydrogen (secondary N) is 1. The molecule has 1 spiro atoms. The lowest BCUT2D eigenvalue weighted by Crippen LogP contribution is -2.50. The Morgan fingerprint density at radius 3 is 2.94 bits per heavy atom. The van der Waals surface area contributed by atoms with E-state index in [4.69, 9.17) is 4.74 Å². The fraction of sp³-hybridized carbons (Fsp3) is 0.417. The van der Waals surface area contributed by atoms with E-state index >= 15 is 0 Å². The van der Waals surface area contributed by atoms with Crippen molar-refractivity contribution in [1.29, 1.82) is 0 Å². The minimum Gasteiger partial charge on any atom is -0.381 e. The van der Waals surface area contributed by atoms with Crippen LogP contribution < -0.4 is 5.32 Å². The number of ether oxygens (including phenoxy) is 1. The maximum absolute atomic E-state index is 14.7. The number of hydrogen-bond donors (Lipinski definition) is 1. The minimum atomic E-state index is -0.266. The molecule has 5 heterocycles. The lowest BCUT2D eigenvalue weighted by Gasteiger charge is -2.44. The van der Waals surface area contributed by atoms with Gasteiger partial charge < -0.3 is 10.1 Å². The van der Waals surface area contributed by atoms with Crippen molar-refractivity contribution in [3.05, 3.63) is 46.7 Å². The molecule has 5 nitrogen and oxygen atoms in total. The molecule has 0 saturated carbocycles. The summed E-state index contributed by atoms with van der Waals surface area (Å²) in [5, 5.41) is 4.38. The molecule has 2 aliphatic heterocycles. The van der Waals surface area contributed by atoms with Crippen LogP contribution in [0.15, 0.2) is 36.0 Å². The highest BCUT2D eigenvalue weighted by molar-refractivity contribution is 7.18. The Hall–Kier alpha value is -2.13. The molecule has 2 saturated heterocycles. The maximum atomic E-state index is 14.7. The average Bonchev–Trinajstić information content (AvgIpc) is 3.51. The molecular weight excluding hydrogens is 443 g/mol. The van der Waals surface area contributed by atoms with Crippen LogP contribution in [0.2, 0.25) is 0 Å². The average molecular weight is 469 g/mol. The van der Waals surface area contributed by atoms with E-state index in [2.05, 4.69) is 33.2 Å². The van der Waals surface area contributed by atoms with Crippen molar-refractivity contribution in [1.82, 2.24) is 14.9 Å². The lowest BCUT2D eigenvalue weighted by atomic mass is 9.77. The first-order valence-corrected chi connectivity index (χ1v) is 12.9. The van der Waals surface area contributed by atoms with Crippen molar-refractivity contribution >= 4 is 54.5 Å². The third kappa shape index (κ3) is 3.23. The van der Waals surface area contributed by atoms with Crippen molar-refractivity contribution in [2.75, 3.05) is 31.6 Å². The standard InChI is InChI=1S/C24H25FN4OS2/c1-2-29-8-4-16(24(29)5-9-30-10-6-24)21-11-15-18(3-7-26-23(15)32-21)28-19-13-20-22(12-17(19)25)31-14-27-20/h3,7,11-14,16H,2,4-6,8-10H2,1H3,(H,26,28). The molecule has 1 unspecified atom stereocenters. The van der Waals surface area contributed by atoms with Crippen LogP contribution in [0.5, 0.6) is 0 Å². The molecule has 6 rings (SSSR count). The minimum absolute atomic E-state index is 0.184. The summed E-state index contributed by atoms with van der Waals surface area (Å²) in [6.07, 6.45) is 5.13. The Balaban J connectivity index is 1.38. The van der Waals surface area contributed by atoms with Gasteiger partial charge in [0.1, 0.15) is 10.6 Å². The van der Waals surface area contributed by atoms with Gasteiger partial charge in [-0.15, -0.1) is 22.7 Å². The molecule has 2 aliphatic rings. The van der Waals surface area contributed by atoms with Gasteiger partial charge in [-0.05, 0) is 56.6 Å². The van der Waals surface area contributed by atoms with Crippen LogP contribution in [0.3, 0.4) is 0 Å². The molecular formula is C24H25FN4OS2. The Labute approximate surface area is 194 Å². The van der Waals surface area contributed by atoms with Crippen LogP contribution in [0.25, 0.3) is 20.4 Å². The zero-order chi connectivity index (χ0) is 21.7. The Kier molecular flexibility index (Phi) is 5.13. The molecule has 4 aromatic rings. The van der Waals surface area contributed by atoms with Crippen LogP contribution in [0, 0.1) is 5.82 Å². The van der Waals surface area contributed by atoms with Crippen molar-refractivity contribution in [3.8, 4) is 0 Å². The maximum Gasteiger partial charge on any atom is 0.148 e. The number of nitrogens with zero attached hydrogens (tertiary/aromatic N) is 3. The van der Waals surface area contributed by atoms with E-state index in [1.165, 1.54) is 22.6 Å². The number of rotatable bonds is 4. The zero-order valence-corrected chi connectivity index (χ0v) is 19.6. The molecule has 0 radical (unpaired) electrons. The summed E-state index contributed by atoms with van der Waals surface area (Å²) >= 11 is 3.23. The predicted octanol–water partition coefficient (Wildman–Crippen LogP) is 6.15. The van der Waals surface area contributed by atoms with Crippen LogP contribution in [-0.4, -0.2) is 46.7 Å². The molecule has 0 bridgehead atoms. The predicted molar refractivity (Wildman–Crippen MR) is 130 cm³/mol. The van der Waals surface area contributed by atoms with Gasteiger partial charge in [0.25, 0.3) is 0 Å². The summed E-state index contributed by atoms with van der Waals surface area (Å²) in [7, 11) is 0. The van der Waals surface area contributed by atoms with Crippen LogP contribution in [-0.2, 0) is 4.74 Å². The van der Waals surface area contributed by atoms with Crippen molar-refractivity contribution in [2.45, 2.75) is 37.6 Å². The number of pyridine rings is 1. The quantitative estimate of drug-likeness (QED) is 0.389. The molecule has 2 fully saturated rings. The van der Waals surface area contributed by atoms with Crippen molar-refractivity contribution in [2.24, 2.45) is 0 Å². The number of fused-ring (bicyclic) bond motifs is 2. The monoisotopic (exact) mass is 468 g/mol. The van der Waals surface area contributed by atoms with Crippen LogP contribution in [0.4, 0.5) is 15.8 Å². The first-order valence-electron chi connectivity index (χ1n) is 11.2. The molecule has 1 atom stereocenters. The lowest BCUT2D eigenvalue weighted by molar-refractivity contribution is -0.0132. The normalized spacial score (nSPS) is 21.1. The Morgan fingerprint density at radius 1 is 1.22 bits per heavy atom. The highest BCUT2D eigenvalue weighted by Crippen LogP contribution is 2.50.